The minimum absolute atomic E-state index is 0.0539. The summed E-state index contributed by atoms with van der Waals surface area (Å²) in [5, 5.41) is 14.0. The maximum Gasteiger partial charge on any atom is 0.387 e. The highest BCUT2D eigenvalue weighted by Gasteiger charge is 2.22. The number of amides is 1. The third-order valence-electron chi connectivity index (χ3n) is 3.81. The lowest BCUT2D eigenvalue weighted by atomic mass is 10.2. The van der Waals surface area contributed by atoms with Gasteiger partial charge in [0, 0.05) is 12.6 Å². The SMILES string of the molecule is Cc1c(C(=O)NC2CCNC2)nnn1-c1ccc(OC(F)F)cc1. The lowest BCUT2D eigenvalue weighted by molar-refractivity contribution is -0.0498. The molecule has 0 bridgehead atoms. The highest BCUT2D eigenvalue weighted by atomic mass is 19.3. The van der Waals surface area contributed by atoms with Gasteiger partial charge in [-0.2, -0.15) is 8.78 Å². The Kier molecular flexibility index (Phi) is 4.70. The minimum Gasteiger partial charge on any atom is -0.435 e. The smallest absolute Gasteiger partial charge is 0.387 e. The monoisotopic (exact) mass is 337 g/mol. The van der Waals surface area contributed by atoms with E-state index in [0.717, 1.165) is 19.5 Å². The molecule has 0 saturated carbocycles. The molecule has 1 aliphatic rings. The summed E-state index contributed by atoms with van der Waals surface area (Å²) in [5.74, 6) is -0.219. The van der Waals surface area contributed by atoms with E-state index in [2.05, 4.69) is 25.7 Å². The second-order valence-corrected chi connectivity index (χ2v) is 5.47. The van der Waals surface area contributed by atoms with Gasteiger partial charge in [0.25, 0.3) is 5.91 Å². The Morgan fingerprint density at radius 3 is 2.79 bits per heavy atom. The lowest BCUT2D eigenvalue weighted by Gasteiger charge is -2.10. The normalized spacial score (nSPS) is 17.2. The maximum atomic E-state index is 12.3. The van der Waals surface area contributed by atoms with Crippen molar-refractivity contribution < 1.29 is 18.3 Å². The minimum atomic E-state index is -2.87. The molecule has 1 aliphatic heterocycles. The van der Waals surface area contributed by atoms with Crippen molar-refractivity contribution in [3.63, 3.8) is 0 Å². The highest BCUT2D eigenvalue weighted by molar-refractivity contribution is 5.93. The van der Waals surface area contributed by atoms with Gasteiger partial charge in [0.1, 0.15) is 5.75 Å². The van der Waals surface area contributed by atoms with Crippen LogP contribution < -0.4 is 15.4 Å². The molecule has 1 saturated heterocycles. The average Bonchev–Trinajstić information content (AvgIpc) is 3.17. The Balaban J connectivity index is 1.75. The highest BCUT2D eigenvalue weighted by Crippen LogP contribution is 2.18. The first-order valence-electron chi connectivity index (χ1n) is 7.53. The van der Waals surface area contributed by atoms with Crippen molar-refractivity contribution in [3.05, 3.63) is 35.7 Å². The molecule has 2 heterocycles. The quantitative estimate of drug-likeness (QED) is 0.859. The lowest BCUT2D eigenvalue weighted by Crippen LogP contribution is -2.36. The largest absolute Gasteiger partial charge is 0.435 e. The number of hydrogen-bond donors (Lipinski definition) is 2. The first-order valence-corrected chi connectivity index (χ1v) is 7.53. The first kappa shape index (κ1) is 16.3. The molecule has 1 amide bonds. The van der Waals surface area contributed by atoms with Gasteiger partial charge in [-0.1, -0.05) is 5.21 Å². The van der Waals surface area contributed by atoms with Gasteiger partial charge in [-0.3, -0.25) is 4.79 Å². The number of nitrogens with zero attached hydrogens (tertiary/aromatic N) is 3. The zero-order valence-electron chi connectivity index (χ0n) is 13.0. The summed E-state index contributed by atoms with van der Waals surface area (Å²) < 4.78 is 30.1. The van der Waals surface area contributed by atoms with Crippen LogP contribution in [0.25, 0.3) is 5.69 Å². The fourth-order valence-electron chi connectivity index (χ4n) is 2.58. The zero-order valence-corrected chi connectivity index (χ0v) is 13.0. The van der Waals surface area contributed by atoms with E-state index >= 15 is 0 Å². The predicted molar refractivity (Wildman–Crippen MR) is 81.5 cm³/mol. The van der Waals surface area contributed by atoms with E-state index in [1.165, 1.54) is 16.8 Å². The molecule has 1 aromatic heterocycles. The molecule has 7 nitrogen and oxygen atoms in total. The molecule has 1 aromatic carbocycles. The topological polar surface area (TPSA) is 81.1 Å². The number of rotatable bonds is 5. The van der Waals surface area contributed by atoms with Crippen LogP contribution in [0.2, 0.25) is 0 Å². The van der Waals surface area contributed by atoms with Gasteiger partial charge in [0.2, 0.25) is 0 Å². The van der Waals surface area contributed by atoms with Crippen molar-refractivity contribution in [2.75, 3.05) is 13.1 Å². The van der Waals surface area contributed by atoms with Gasteiger partial charge in [0.05, 0.1) is 11.4 Å². The molecule has 9 heteroatoms. The molecular formula is C15H17F2N5O2. The number of carbonyl (C=O) groups excluding carboxylic acids is 1. The summed E-state index contributed by atoms with van der Waals surface area (Å²) in [7, 11) is 0. The number of hydrogen-bond acceptors (Lipinski definition) is 5. The fraction of sp³-hybridized carbons (Fsp3) is 0.400. The number of ether oxygens (including phenoxy) is 1. The molecular weight excluding hydrogens is 320 g/mol. The number of aromatic nitrogens is 3. The van der Waals surface area contributed by atoms with Crippen LogP contribution in [-0.4, -0.2) is 46.6 Å². The Morgan fingerprint density at radius 2 is 2.17 bits per heavy atom. The third kappa shape index (κ3) is 3.51. The predicted octanol–water partition coefficient (Wildman–Crippen LogP) is 1.27. The number of alkyl halides is 2. The van der Waals surface area contributed by atoms with Gasteiger partial charge in [-0.05, 0) is 44.2 Å². The molecule has 3 rings (SSSR count). The molecule has 1 unspecified atom stereocenters. The Hall–Kier alpha value is -2.55. The molecule has 128 valence electrons. The molecule has 24 heavy (non-hydrogen) atoms. The summed E-state index contributed by atoms with van der Waals surface area (Å²) in [6.07, 6.45) is 0.879. The second kappa shape index (κ2) is 6.91. The van der Waals surface area contributed by atoms with E-state index < -0.39 is 6.61 Å². The van der Waals surface area contributed by atoms with Gasteiger partial charge in [0.15, 0.2) is 5.69 Å². The number of nitrogens with one attached hydrogen (secondary N) is 2. The van der Waals surface area contributed by atoms with Crippen LogP contribution in [0.4, 0.5) is 8.78 Å². The van der Waals surface area contributed by atoms with Gasteiger partial charge in [-0.15, -0.1) is 5.10 Å². The standard InChI is InChI=1S/C15H17F2N5O2/c1-9-13(14(23)19-10-6-7-18-8-10)20-21-22(9)11-2-4-12(5-3-11)24-15(16)17/h2-5,10,15,18H,6-8H2,1H3,(H,19,23). The van der Waals surface area contributed by atoms with Gasteiger partial charge >= 0.3 is 6.61 Å². The molecule has 0 aliphatic carbocycles. The zero-order chi connectivity index (χ0) is 17.1. The van der Waals surface area contributed by atoms with Crippen molar-refractivity contribution >= 4 is 5.91 Å². The van der Waals surface area contributed by atoms with E-state index in [1.54, 1.807) is 19.1 Å². The van der Waals surface area contributed by atoms with Gasteiger partial charge in [-0.25, -0.2) is 4.68 Å². The van der Waals surface area contributed by atoms with Crippen LogP contribution in [0.15, 0.2) is 24.3 Å². The van der Waals surface area contributed by atoms with Crippen molar-refractivity contribution in [3.8, 4) is 11.4 Å². The van der Waals surface area contributed by atoms with Crippen LogP contribution in [-0.2, 0) is 0 Å². The number of benzene rings is 1. The van der Waals surface area contributed by atoms with E-state index in [9.17, 15) is 13.6 Å². The van der Waals surface area contributed by atoms with Crippen molar-refractivity contribution in [1.82, 2.24) is 25.6 Å². The molecule has 1 atom stereocenters. The first-order chi connectivity index (χ1) is 11.5. The molecule has 2 aromatic rings. The van der Waals surface area contributed by atoms with Crippen molar-refractivity contribution in [2.24, 2.45) is 0 Å². The second-order valence-electron chi connectivity index (χ2n) is 5.47. The Labute approximate surface area is 137 Å². The molecule has 1 fully saturated rings. The van der Waals surface area contributed by atoms with Gasteiger partial charge < -0.3 is 15.4 Å². The van der Waals surface area contributed by atoms with Crippen LogP contribution in [0.5, 0.6) is 5.75 Å². The summed E-state index contributed by atoms with van der Waals surface area (Å²) in [4.78, 5) is 12.3. The van der Waals surface area contributed by atoms with E-state index in [0.29, 0.717) is 11.4 Å². The Bertz CT molecular complexity index is 711. The maximum absolute atomic E-state index is 12.3. The van der Waals surface area contributed by atoms with E-state index in [1.807, 2.05) is 0 Å². The molecule has 0 spiro atoms. The Morgan fingerprint density at radius 1 is 1.42 bits per heavy atom. The summed E-state index contributed by atoms with van der Waals surface area (Å²) in [5.41, 5.74) is 1.42. The molecule has 2 N–H and O–H groups in total. The average molecular weight is 337 g/mol. The van der Waals surface area contributed by atoms with E-state index in [4.69, 9.17) is 0 Å². The summed E-state index contributed by atoms with van der Waals surface area (Å²) in [6.45, 7) is 0.476. The van der Waals surface area contributed by atoms with Crippen molar-refractivity contribution in [1.29, 1.82) is 0 Å². The third-order valence-corrected chi connectivity index (χ3v) is 3.81. The van der Waals surface area contributed by atoms with Crippen LogP contribution >= 0.6 is 0 Å². The van der Waals surface area contributed by atoms with Crippen molar-refractivity contribution in [2.45, 2.75) is 26.0 Å². The summed E-state index contributed by atoms with van der Waals surface area (Å²) in [6, 6.07) is 6.05. The summed E-state index contributed by atoms with van der Waals surface area (Å²) >= 11 is 0. The van der Waals surface area contributed by atoms with Crippen LogP contribution in [0.3, 0.4) is 0 Å². The van der Waals surface area contributed by atoms with E-state index in [-0.39, 0.29) is 23.4 Å². The fourth-order valence-corrected chi connectivity index (χ4v) is 2.58. The van der Waals surface area contributed by atoms with Crippen LogP contribution in [0, 0.1) is 6.92 Å². The van der Waals surface area contributed by atoms with Crippen LogP contribution in [0.1, 0.15) is 22.6 Å². The molecule has 0 radical (unpaired) electrons. The number of carbonyl (C=O) groups is 1. The number of halogens is 2.